The molecule has 28 heavy (non-hydrogen) atoms. The molecule has 3 aromatic rings. The van der Waals surface area contributed by atoms with Crippen molar-refractivity contribution in [2.75, 3.05) is 5.32 Å². The molecule has 142 valence electrons. The van der Waals surface area contributed by atoms with E-state index in [1.165, 1.54) is 18.2 Å². The van der Waals surface area contributed by atoms with Gasteiger partial charge >= 0.3 is 0 Å². The summed E-state index contributed by atoms with van der Waals surface area (Å²) in [5, 5.41) is 14.5. The highest BCUT2D eigenvalue weighted by molar-refractivity contribution is 9.10. The lowest BCUT2D eigenvalue weighted by atomic mass is 9.97. The molecule has 5 nitrogen and oxygen atoms in total. The van der Waals surface area contributed by atoms with Crippen LogP contribution in [0.4, 0.5) is 15.8 Å². The molecule has 0 saturated heterocycles. The molecular weight excluding hydrogens is 427 g/mol. The van der Waals surface area contributed by atoms with E-state index < -0.39 is 11.0 Å². The van der Waals surface area contributed by atoms with E-state index in [4.69, 9.17) is 0 Å². The number of hydrogen-bond donors (Lipinski definition) is 1. The van der Waals surface area contributed by atoms with Crippen molar-refractivity contribution in [2.24, 2.45) is 0 Å². The first kappa shape index (κ1) is 19.7. The van der Waals surface area contributed by atoms with E-state index in [1.54, 1.807) is 48.5 Å². The summed E-state index contributed by atoms with van der Waals surface area (Å²) in [5.41, 5.74) is 1.66. The fourth-order valence-corrected chi connectivity index (χ4v) is 3.20. The van der Waals surface area contributed by atoms with Crippen molar-refractivity contribution in [1.29, 1.82) is 0 Å². The Labute approximate surface area is 169 Å². The topological polar surface area (TPSA) is 72.2 Å². The first-order valence-corrected chi connectivity index (χ1v) is 9.27. The number of nitro groups is 1. The predicted octanol–water partition coefficient (Wildman–Crippen LogP) is 5.92. The largest absolute Gasteiger partial charge is 0.378 e. The molecule has 0 aliphatic rings. The maximum Gasteiger partial charge on any atom is 0.283 e. The highest BCUT2D eigenvalue weighted by Gasteiger charge is 2.21. The summed E-state index contributed by atoms with van der Waals surface area (Å²) in [6.07, 6.45) is 0.0835. The fourth-order valence-electron chi connectivity index (χ4n) is 2.81. The second-order valence-corrected chi connectivity index (χ2v) is 7.02. The van der Waals surface area contributed by atoms with Crippen LogP contribution in [0.15, 0.2) is 77.3 Å². The van der Waals surface area contributed by atoms with E-state index in [-0.39, 0.29) is 23.7 Å². The van der Waals surface area contributed by atoms with Crippen molar-refractivity contribution in [3.63, 3.8) is 0 Å². The van der Waals surface area contributed by atoms with Gasteiger partial charge in [-0.1, -0.05) is 36.4 Å². The van der Waals surface area contributed by atoms with Crippen molar-refractivity contribution in [1.82, 2.24) is 0 Å². The van der Waals surface area contributed by atoms with Gasteiger partial charge in [0.05, 0.1) is 15.4 Å². The Hall–Kier alpha value is -3.06. The standard InChI is InChI=1S/C21H16BrFN2O3/c22-18-11-6-15(12-20(18)25(27)28)19(24-17-9-7-16(23)8-10-17)13-21(26)14-4-2-1-3-5-14/h1-12,19,24H,13H2. The molecule has 0 amide bonds. The molecule has 1 unspecified atom stereocenters. The van der Waals surface area contributed by atoms with Gasteiger partial charge in [-0.15, -0.1) is 0 Å². The van der Waals surface area contributed by atoms with Gasteiger partial charge in [0, 0.05) is 23.7 Å². The Kier molecular flexibility index (Phi) is 6.16. The molecular formula is C21H16BrFN2O3. The molecule has 0 aliphatic carbocycles. The van der Waals surface area contributed by atoms with E-state index in [0.717, 1.165) is 0 Å². The molecule has 0 fully saturated rings. The van der Waals surface area contributed by atoms with E-state index >= 15 is 0 Å². The summed E-state index contributed by atoms with van der Waals surface area (Å²) < 4.78 is 13.6. The Balaban J connectivity index is 1.94. The normalized spacial score (nSPS) is 11.6. The number of nitro benzene ring substituents is 1. The molecule has 0 heterocycles. The lowest BCUT2D eigenvalue weighted by Gasteiger charge is -2.20. The predicted molar refractivity (Wildman–Crippen MR) is 109 cm³/mol. The van der Waals surface area contributed by atoms with Gasteiger partial charge in [-0.05, 0) is 51.8 Å². The van der Waals surface area contributed by atoms with Gasteiger partial charge in [0.1, 0.15) is 5.82 Å². The number of anilines is 1. The average molecular weight is 443 g/mol. The van der Waals surface area contributed by atoms with E-state index in [2.05, 4.69) is 21.2 Å². The van der Waals surface area contributed by atoms with Crippen LogP contribution in [0.25, 0.3) is 0 Å². The van der Waals surface area contributed by atoms with Gasteiger partial charge in [0.15, 0.2) is 5.78 Å². The molecule has 0 aromatic heterocycles. The molecule has 3 aromatic carbocycles. The minimum atomic E-state index is -0.523. The lowest BCUT2D eigenvalue weighted by molar-refractivity contribution is -0.385. The number of nitrogens with one attached hydrogen (secondary N) is 1. The molecule has 0 aliphatic heterocycles. The Bertz CT molecular complexity index is 994. The van der Waals surface area contributed by atoms with Gasteiger partial charge in [0.2, 0.25) is 0 Å². The smallest absolute Gasteiger partial charge is 0.283 e. The van der Waals surface area contributed by atoms with Gasteiger partial charge < -0.3 is 5.32 Å². The van der Waals surface area contributed by atoms with Crippen LogP contribution in [0.3, 0.4) is 0 Å². The van der Waals surface area contributed by atoms with Crippen LogP contribution in [0.2, 0.25) is 0 Å². The average Bonchev–Trinajstić information content (AvgIpc) is 2.70. The summed E-state index contributed by atoms with van der Waals surface area (Å²) in [6, 6.07) is 18.8. The van der Waals surface area contributed by atoms with Gasteiger partial charge in [-0.2, -0.15) is 0 Å². The summed E-state index contributed by atoms with van der Waals surface area (Å²) in [7, 11) is 0. The van der Waals surface area contributed by atoms with Gasteiger partial charge in [-0.3, -0.25) is 14.9 Å². The number of hydrogen-bond acceptors (Lipinski definition) is 4. The summed E-state index contributed by atoms with van der Waals surface area (Å²) in [5.74, 6) is -0.479. The van der Waals surface area contributed by atoms with E-state index in [0.29, 0.717) is 21.3 Å². The number of benzene rings is 3. The van der Waals surface area contributed by atoms with Crippen LogP contribution >= 0.6 is 15.9 Å². The third-order valence-corrected chi connectivity index (χ3v) is 4.91. The minimum absolute atomic E-state index is 0.0835. The first-order chi connectivity index (χ1) is 13.4. The maximum absolute atomic E-state index is 13.2. The molecule has 7 heteroatoms. The van der Waals surface area contributed by atoms with Crippen molar-refractivity contribution < 1.29 is 14.1 Å². The Morgan fingerprint density at radius 1 is 1.07 bits per heavy atom. The molecule has 0 spiro atoms. The molecule has 1 atom stereocenters. The minimum Gasteiger partial charge on any atom is -0.378 e. The van der Waals surface area contributed by atoms with Crippen LogP contribution in [0.5, 0.6) is 0 Å². The quantitative estimate of drug-likeness (QED) is 0.280. The SMILES string of the molecule is O=C(CC(Nc1ccc(F)cc1)c1ccc(Br)c([N+](=O)[O-])c1)c1ccccc1. The highest BCUT2D eigenvalue weighted by Crippen LogP contribution is 2.31. The number of carbonyl (C=O) groups is 1. The van der Waals surface area contributed by atoms with Crippen LogP contribution in [0.1, 0.15) is 28.4 Å². The maximum atomic E-state index is 13.2. The second-order valence-electron chi connectivity index (χ2n) is 6.17. The van der Waals surface area contributed by atoms with Crippen molar-refractivity contribution >= 4 is 33.1 Å². The third kappa shape index (κ3) is 4.80. The molecule has 0 saturated carbocycles. The zero-order valence-corrected chi connectivity index (χ0v) is 16.2. The zero-order chi connectivity index (χ0) is 20.1. The molecule has 0 bridgehead atoms. The third-order valence-electron chi connectivity index (χ3n) is 4.24. The van der Waals surface area contributed by atoms with Crippen LogP contribution in [-0.4, -0.2) is 10.7 Å². The summed E-state index contributed by atoms with van der Waals surface area (Å²) >= 11 is 3.17. The van der Waals surface area contributed by atoms with Crippen molar-refractivity contribution in [2.45, 2.75) is 12.5 Å². The van der Waals surface area contributed by atoms with E-state index in [9.17, 15) is 19.3 Å². The molecule has 3 rings (SSSR count). The van der Waals surface area contributed by atoms with Crippen molar-refractivity contribution in [3.05, 3.63) is 104 Å². The lowest BCUT2D eigenvalue weighted by Crippen LogP contribution is -2.16. The van der Waals surface area contributed by atoms with Crippen LogP contribution in [-0.2, 0) is 0 Å². The van der Waals surface area contributed by atoms with E-state index in [1.807, 2.05) is 6.07 Å². The van der Waals surface area contributed by atoms with Crippen molar-refractivity contribution in [3.8, 4) is 0 Å². The van der Waals surface area contributed by atoms with Crippen LogP contribution in [0, 0.1) is 15.9 Å². The number of Topliss-reactive ketones (excluding diaryl/α,β-unsaturated/α-hetero) is 1. The number of carbonyl (C=O) groups excluding carboxylic acids is 1. The summed E-state index contributed by atoms with van der Waals surface area (Å²) in [4.78, 5) is 23.5. The number of ketones is 1. The number of nitrogens with zero attached hydrogens (tertiary/aromatic N) is 1. The Morgan fingerprint density at radius 3 is 2.39 bits per heavy atom. The monoisotopic (exact) mass is 442 g/mol. The number of halogens is 2. The molecule has 0 radical (unpaired) electrons. The fraction of sp³-hybridized carbons (Fsp3) is 0.0952. The molecule has 1 N–H and O–H groups in total. The van der Waals surface area contributed by atoms with Gasteiger partial charge in [-0.25, -0.2) is 4.39 Å². The van der Waals surface area contributed by atoms with Crippen LogP contribution < -0.4 is 5.32 Å². The highest BCUT2D eigenvalue weighted by atomic mass is 79.9. The Morgan fingerprint density at radius 2 is 1.75 bits per heavy atom. The second kappa shape index (κ2) is 8.75. The first-order valence-electron chi connectivity index (χ1n) is 8.48. The zero-order valence-electron chi connectivity index (χ0n) is 14.6. The van der Waals surface area contributed by atoms with Gasteiger partial charge in [0.25, 0.3) is 5.69 Å². The summed E-state index contributed by atoms with van der Waals surface area (Å²) in [6.45, 7) is 0. The number of rotatable bonds is 7.